The second kappa shape index (κ2) is 6.62. The lowest BCUT2D eigenvalue weighted by Gasteiger charge is -2.45. The molecule has 25 heavy (non-hydrogen) atoms. The predicted octanol–water partition coefficient (Wildman–Crippen LogP) is 2.37. The van der Waals surface area contributed by atoms with Gasteiger partial charge in [-0.2, -0.15) is 0 Å². The Hall–Kier alpha value is -2.17. The maximum Gasteiger partial charge on any atom is 0.239 e. The van der Waals surface area contributed by atoms with Gasteiger partial charge in [-0.1, -0.05) is 48.5 Å². The SMILES string of the molecule is COCC(N)C(=O)NCC1CC2c3ccccc3C1c1ccccc12. The first-order chi connectivity index (χ1) is 12.2. The molecule has 2 bridgehead atoms. The number of benzene rings is 2. The first-order valence-corrected chi connectivity index (χ1v) is 8.90. The number of rotatable bonds is 5. The summed E-state index contributed by atoms with van der Waals surface area (Å²) in [5.74, 6) is 1.03. The van der Waals surface area contributed by atoms with Crippen molar-refractivity contribution in [3.63, 3.8) is 0 Å². The van der Waals surface area contributed by atoms with Crippen LogP contribution in [-0.4, -0.2) is 32.2 Å². The van der Waals surface area contributed by atoms with E-state index in [1.54, 1.807) is 7.11 Å². The number of carbonyl (C=O) groups excluding carboxylic acids is 1. The lowest BCUT2D eigenvalue weighted by atomic mass is 9.59. The summed E-state index contributed by atoms with van der Waals surface area (Å²) in [5.41, 5.74) is 11.6. The van der Waals surface area contributed by atoms with E-state index in [2.05, 4.69) is 53.8 Å². The first-order valence-electron chi connectivity index (χ1n) is 8.90. The fraction of sp³-hybridized carbons (Fsp3) is 0.381. The third-order valence-corrected chi connectivity index (χ3v) is 5.64. The smallest absolute Gasteiger partial charge is 0.239 e. The molecular weight excluding hydrogens is 312 g/mol. The van der Waals surface area contributed by atoms with Crippen LogP contribution in [0.4, 0.5) is 0 Å². The molecule has 0 spiro atoms. The van der Waals surface area contributed by atoms with Crippen molar-refractivity contribution in [1.29, 1.82) is 0 Å². The minimum absolute atomic E-state index is 0.134. The van der Waals surface area contributed by atoms with Gasteiger partial charge in [-0.15, -0.1) is 0 Å². The van der Waals surface area contributed by atoms with Crippen molar-refractivity contribution in [2.75, 3.05) is 20.3 Å². The van der Waals surface area contributed by atoms with E-state index < -0.39 is 6.04 Å². The number of nitrogens with two attached hydrogens (primary N) is 1. The number of amides is 1. The van der Waals surface area contributed by atoms with Gasteiger partial charge in [0, 0.05) is 25.5 Å². The topological polar surface area (TPSA) is 64.3 Å². The Labute approximate surface area is 148 Å². The fourth-order valence-corrected chi connectivity index (χ4v) is 4.58. The lowest BCUT2D eigenvalue weighted by molar-refractivity contribution is -0.123. The van der Waals surface area contributed by atoms with Crippen LogP contribution in [0.2, 0.25) is 0 Å². The van der Waals surface area contributed by atoms with Crippen molar-refractivity contribution in [3.05, 3.63) is 70.8 Å². The van der Waals surface area contributed by atoms with Crippen LogP contribution in [-0.2, 0) is 9.53 Å². The van der Waals surface area contributed by atoms with Gasteiger partial charge in [-0.3, -0.25) is 4.79 Å². The minimum atomic E-state index is -0.606. The molecule has 0 heterocycles. The molecule has 5 rings (SSSR count). The molecule has 0 aromatic heterocycles. The summed E-state index contributed by atoms with van der Waals surface area (Å²) in [7, 11) is 1.56. The van der Waals surface area contributed by atoms with Crippen LogP contribution in [0, 0.1) is 5.92 Å². The minimum Gasteiger partial charge on any atom is -0.383 e. The van der Waals surface area contributed by atoms with Gasteiger partial charge in [-0.05, 0) is 34.6 Å². The zero-order valence-corrected chi connectivity index (χ0v) is 14.4. The van der Waals surface area contributed by atoms with Gasteiger partial charge >= 0.3 is 0 Å². The summed E-state index contributed by atoms with van der Waals surface area (Å²) in [5, 5.41) is 3.04. The van der Waals surface area contributed by atoms with E-state index in [4.69, 9.17) is 10.5 Å². The van der Waals surface area contributed by atoms with Crippen LogP contribution in [0.25, 0.3) is 0 Å². The molecule has 4 nitrogen and oxygen atoms in total. The number of hydrogen-bond donors (Lipinski definition) is 2. The van der Waals surface area contributed by atoms with Crippen LogP contribution in [0.5, 0.6) is 0 Å². The van der Waals surface area contributed by atoms with E-state index in [0.717, 1.165) is 6.42 Å². The Morgan fingerprint density at radius 3 is 2.24 bits per heavy atom. The van der Waals surface area contributed by atoms with Gasteiger partial charge in [0.05, 0.1) is 6.61 Å². The maximum absolute atomic E-state index is 12.2. The molecule has 130 valence electrons. The van der Waals surface area contributed by atoms with Crippen LogP contribution >= 0.6 is 0 Å². The van der Waals surface area contributed by atoms with Crippen LogP contribution in [0.3, 0.4) is 0 Å². The summed E-state index contributed by atoms with van der Waals surface area (Å²) in [6, 6.07) is 16.9. The Bertz CT molecular complexity index is 741. The molecule has 4 heteroatoms. The average molecular weight is 336 g/mol. The quantitative estimate of drug-likeness (QED) is 0.881. The van der Waals surface area contributed by atoms with Crippen molar-refractivity contribution < 1.29 is 9.53 Å². The average Bonchev–Trinajstić information content (AvgIpc) is 2.66. The Morgan fingerprint density at radius 1 is 1.12 bits per heavy atom. The zero-order valence-electron chi connectivity index (χ0n) is 14.4. The van der Waals surface area contributed by atoms with E-state index in [9.17, 15) is 4.79 Å². The number of hydrogen-bond acceptors (Lipinski definition) is 3. The molecular formula is C21H24N2O2. The van der Waals surface area contributed by atoms with Gasteiger partial charge in [-0.25, -0.2) is 0 Å². The third-order valence-electron chi connectivity index (χ3n) is 5.64. The monoisotopic (exact) mass is 336 g/mol. The first kappa shape index (κ1) is 16.3. The molecule has 1 amide bonds. The molecule has 0 fully saturated rings. The van der Waals surface area contributed by atoms with Crippen molar-refractivity contribution in [2.24, 2.45) is 11.7 Å². The lowest BCUT2D eigenvalue weighted by Crippen LogP contribution is -2.46. The number of methoxy groups -OCH3 is 1. The van der Waals surface area contributed by atoms with Crippen molar-refractivity contribution >= 4 is 5.91 Å². The molecule has 2 aromatic carbocycles. The van der Waals surface area contributed by atoms with Crippen LogP contribution in [0.1, 0.15) is 40.5 Å². The Kier molecular flexibility index (Phi) is 4.32. The number of ether oxygens (including phenoxy) is 1. The van der Waals surface area contributed by atoms with E-state index in [-0.39, 0.29) is 12.5 Å². The van der Waals surface area contributed by atoms with E-state index in [1.807, 2.05) is 0 Å². The maximum atomic E-state index is 12.2. The second-order valence-corrected chi connectivity index (χ2v) is 7.09. The highest BCUT2D eigenvalue weighted by molar-refractivity contribution is 5.81. The van der Waals surface area contributed by atoms with Gasteiger partial charge in [0.25, 0.3) is 0 Å². The molecule has 2 unspecified atom stereocenters. The highest BCUT2D eigenvalue weighted by atomic mass is 16.5. The van der Waals surface area contributed by atoms with Gasteiger partial charge in [0.1, 0.15) is 6.04 Å². The standard InChI is InChI=1S/C21H24N2O2/c1-25-12-19(22)21(24)23-11-13-10-18-14-6-2-4-8-16(14)20(13)17-9-5-3-7-15(17)18/h2-9,13,18-20H,10-12,22H2,1H3,(H,23,24). The molecule has 3 N–H and O–H groups in total. The van der Waals surface area contributed by atoms with Crippen LogP contribution in [0.15, 0.2) is 48.5 Å². The Morgan fingerprint density at radius 2 is 1.68 bits per heavy atom. The number of fused-ring (bicyclic) bond motifs is 1. The Balaban J connectivity index is 1.60. The number of carbonyl (C=O) groups is 1. The van der Waals surface area contributed by atoms with Gasteiger partial charge in [0.2, 0.25) is 5.91 Å². The fourth-order valence-electron chi connectivity index (χ4n) is 4.58. The van der Waals surface area contributed by atoms with Gasteiger partial charge in [0.15, 0.2) is 0 Å². The third kappa shape index (κ3) is 2.75. The summed E-state index contributed by atoms with van der Waals surface area (Å²) >= 11 is 0. The predicted molar refractivity (Wildman–Crippen MR) is 97.5 cm³/mol. The molecule has 0 saturated heterocycles. The van der Waals surface area contributed by atoms with Gasteiger partial charge < -0.3 is 15.8 Å². The second-order valence-electron chi connectivity index (χ2n) is 7.09. The molecule has 0 radical (unpaired) electrons. The molecule has 2 aromatic rings. The van der Waals surface area contributed by atoms with E-state index in [0.29, 0.717) is 24.3 Å². The largest absolute Gasteiger partial charge is 0.383 e. The normalized spacial score (nSPS) is 24.3. The summed E-state index contributed by atoms with van der Waals surface area (Å²) in [6.45, 7) is 0.897. The summed E-state index contributed by atoms with van der Waals surface area (Å²) in [6.07, 6.45) is 1.07. The highest BCUT2D eigenvalue weighted by Crippen LogP contribution is 2.55. The van der Waals surface area contributed by atoms with Crippen molar-refractivity contribution in [3.8, 4) is 0 Å². The molecule has 3 aliphatic rings. The zero-order chi connectivity index (χ0) is 17.4. The molecule has 2 atom stereocenters. The van der Waals surface area contributed by atoms with E-state index >= 15 is 0 Å². The van der Waals surface area contributed by atoms with Crippen LogP contribution < -0.4 is 11.1 Å². The van der Waals surface area contributed by atoms with Crippen molar-refractivity contribution in [2.45, 2.75) is 24.3 Å². The molecule has 0 aliphatic heterocycles. The van der Waals surface area contributed by atoms with E-state index in [1.165, 1.54) is 22.3 Å². The summed E-state index contributed by atoms with van der Waals surface area (Å²) in [4.78, 5) is 12.2. The molecule has 0 saturated carbocycles. The van der Waals surface area contributed by atoms with Crippen molar-refractivity contribution in [1.82, 2.24) is 5.32 Å². The molecule has 3 aliphatic carbocycles. The highest BCUT2D eigenvalue weighted by Gasteiger charge is 2.42. The summed E-state index contributed by atoms with van der Waals surface area (Å²) < 4.78 is 4.97. The number of nitrogens with one attached hydrogen (secondary N) is 1.